The van der Waals surface area contributed by atoms with Crippen molar-refractivity contribution in [1.29, 1.82) is 0 Å². The summed E-state index contributed by atoms with van der Waals surface area (Å²) in [6, 6.07) is 6.79. The second-order valence-corrected chi connectivity index (χ2v) is 5.95. The summed E-state index contributed by atoms with van der Waals surface area (Å²) in [6.45, 7) is 0.193. The fraction of sp³-hybridized carbons (Fsp3) is 0.278. The van der Waals surface area contributed by atoms with Gasteiger partial charge in [-0.05, 0) is 24.3 Å². The number of aromatic nitrogens is 2. The van der Waals surface area contributed by atoms with Gasteiger partial charge in [0, 0.05) is 24.2 Å². The van der Waals surface area contributed by atoms with Gasteiger partial charge in [-0.2, -0.15) is 0 Å². The summed E-state index contributed by atoms with van der Waals surface area (Å²) in [5.74, 6) is -0.365. The third-order valence-electron chi connectivity index (χ3n) is 3.89. The highest BCUT2D eigenvalue weighted by Crippen LogP contribution is 2.20. The fourth-order valence-electron chi connectivity index (χ4n) is 2.58. The molecule has 0 saturated carbocycles. The molecule has 0 aliphatic carbocycles. The van der Waals surface area contributed by atoms with Crippen LogP contribution in [0.2, 0.25) is 0 Å². The number of hydrogen-bond acceptors (Lipinski definition) is 7. The second kappa shape index (κ2) is 8.47. The van der Waals surface area contributed by atoms with E-state index in [2.05, 4.69) is 10.3 Å². The molecule has 2 amide bonds. The molecule has 2 aromatic rings. The Labute approximate surface area is 155 Å². The molecule has 3 N–H and O–H groups in total. The number of ether oxygens (including phenoxy) is 1. The van der Waals surface area contributed by atoms with Crippen LogP contribution in [0.3, 0.4) is 0 Å². The number of benzene rings is 1. The minimum absolute atomic E-state index is 0.0342. The molecule has 1 aromatic carbocycles. The van der Waals surface area contributed by atoms with Crippen molar-refractivity contribution in [3.05, 3.63) is 54.8 Å². The van der Waals surface area contributed by atoms with Gasteiger partial charge in [-0.25, -0.2) is 4.98 Å². The topological polar surface area (TPSA) is 117 Å². The van der Waals surface area contributed by atoms with E-state index in [9.17, 15) is 14.7 Å². The predicted molar refractivity (Wildman–Crippen MR) is 95.7 cm³/mol. The van der Waals surface area contributed by atoms with E-state index >= 15 is 0 Å². The molecule has 9 heteroatoms. The number of β-amino-alcohol motifs (C(OH)–C–C–N with tert-alkyl or cyclic N) is 1. The van der Waals surface area contributed by atoms with Crippen LogP contribution in [0.25, 0.3) is 0 Å². The molecule has 1 aliphatic heterocycles. The average molecular weight is 372 g/mol. The molecular formula is C18H20N4O5. The van der Waals surface area contributed by atoms with Crippen molar-refractivity contribution in [3.8, 4) is 5.75 Å². The number of carbonyl (C=O) groups is 2. The number of nitrogens with one attached hydrogen (secondary N) is 1. The first-order chi connectivity index (χ1) is 13.1. The largest absolute Gasteiger partial charge is 0.491 e. The molecule has 1 unspecified atom stereocenters. The van der Waals surface area contributed by atoms with Crippen LogP contribution in [0, 0.1) is 0 Å². The van der Waals surface area contributed by atoms with Crippen LogP contribution < -0.4 is 10.1 Å². The summed E-state index contributed by atoms with van der Waals surface area (Å²) < 4.78 is 7.30. The number of aliphatic hydroxyl groups excluding tert-OH is 2. The molecule has 0 radical (unpaired) electrons. The van der Waals surface area contributed by atoms with Crippen LogP contribution >= 0.6 is 0 Å². The minimum atomic E-state index is -0.679. The summed E-state index contributed by atoms with van der Waals surface area (Å²) in [6.07, 6.45) is 5.54. The monoisotopic (exact) mass is 372 g/mol. The van der Waals surface area contributed by atoms with Gasteiger partial charge >= 0.3 is 0 Å². The molecule has 1 aliphatic rings. The lowest BCUT2D eigenvalue weighted by atomic mass is 10.3. The molecule has 0 fully saturated rings. The number of amides is 2. The number of rotatable bonds is 9. The standard InChI is InChI=1S/C18H20N4O5/c23-8-7-22-17(25)9-16(18(22)26)20-13-1-3-15(4-2-13)27-11-14(24)10-21-6-5-19-12-21/h1-6,9,12,14,20,23-24H,7-8,10-11H2. The van der Waals surface area contributed by atoms with Crippen LogP contribution in [-0.2, 0) is 16.1 Å². The highest BCUT2D eigenvalue weighted by molar-refractivity contribution is 6.17. The number of carbonyl (C=O) groups excluding carboxylic acids is 2. The normalized spacial score (nSPS) is 15.0. The highest BCUT2D eigenvalue weighted by Gasteiger charge is 2.30. The summed E-state index contributed by atoms with van der Waals surface area (Å²) in [4.78, 5) is 28.7. The Morgan fingerprint density at radius 3 is 2.67 bits per heavy atom. The lowest BCUT2D eigenvalue weighted by Crippen LogP contribution is -2.34. The van der Waals surface area contributed by atoms with Gasteiger partial charge in [0.25, 0.3) is 11.8 Å². The third kappa shape index (κ3) is 4.72. The van der Waals surface area contributed by atoms with Crippen LogP contribution in [0.15, 0.2) is 54.8 Å². The van der Waals surface area contributed by atoms with E-state index in [0.717, 1.165) is 4.90 Å². The molecule has 1 atom stereocenters. The Kier molecular flexibility index (Phi) is 5.84. The Morgan fingerprint density at radius 2 is 2.00 bits per heavy atom. The zero-order chi connectivity index (χ0) is 19.2. The van der Waals surface area contributed by atoms with E-state index in [4.69, 9.17) is 9.84 Å². The van der Waals surface area contributed by atoms with Gasteiger partial charge in [-0.15, -0.1) is 0 Å². The van der Waals surface area contributed by atoms with E-state index in [-0.39, 0.29) is 25.5 Å². The molecule has 142 valence electrons. The maximum absolute atomic E-state index is 12.1. The number of anilines is 1. The maximum Gasteiger partial charge on any atom is 0.277 e. The molecule has 0 spiro atoms. The fourth-order valence-corrected chi connectivity index (χ4v) is 2.58. The zero-order valence-corrected chi connectivity index (χ0v) is 14.5. The summed E-state index contributed by atoms with van der Waals surface area (Å²) in [5.41, 5.74) is 0.762. The zero-order valence-electron chi connectivity index (χ0n) is 14.5. The molecule has 0 saturated heterocycles. The minimum Gasteiger partial charge on any atom is -0.491 e. The van der Waals surface area contributed by atoms with E-state index in [1.165, 1.54) is 6.08 Å². The molecular weight excluding hydrogens is 352 g/mol. The maximum atomic E-state index is 12.1. The van der Waals surface area contributed by atoms with E-state index < -0.39 is 17.9 Å². The average Bonchev–Trinajstić information content (AvgIpc) is 3.25. The molecule has 1 aromatic heterocycles. The quantitative estimate of drug-likeness (QED) is 0.530. The van der Waals surface area contributed by atoms with Crippen molar-refractivity contribution >= 4 is 17.5 Å². The van der Waals surface area contributed by atoms with Crippen molar-refractivity contribution in [3.63, 3.8) is 0 Å². The Morgan fingerprint density at radius 1 is 1.22 bits per heavy atom. The molecule has 0 bridgehead atoms. The smallest absolute Gasteiger partial charge is 0.277 e. The lowest BCUT2D eigenvalue weighted by molar-refractivity contribution is -0.137. The van der Waals surface area contributed by atoms with Crippen LogP contribution in [0.4, 0.5) is 5.69 Å². The van der Waals surface area contributed by atoms with Gasteiger partial charge in [0.05, 0.1) is 26.0 Å². The summed E-state index contributed by atoms with van der Waals surface area (Å²) in [5, 5.41) is 21.8. The number of nitrogens with zero attached hydrogens (tertiary/aromatic N) is 3. The molecule has 2 heterocycles. The summed E-state index contributed by atoms with van der Waals surface area (Å²) in [7, 11) is 0. The number of aliphatic hydroxyl groups is 2. The van der Waals surface area contributed by atoms with E-state index in [1.807, 2.05) is 0 Å². The Balaban J connectivity index is 1.51. The van der Waals surface area contributed by atoms with E-state index in [0.29, 0.717) is 18.0 Å². The first-order valence-electron chi connectivity index (χ1n) is 8.39. The van der Waals surface area contributed by atoms with Gasteiger partial charge in [-0.3, -0.25) is 14.5 Å². The van der Waals surface area contributed by atoms with Gasteiger partial charge in [-0.1, -0.05) is 0 Å². The third-order valence-corrected chi connectivity index (χ3v) is 3.89. The SMILES string of the molecule is O=C1C=C(Nc2ccc(OCC(O)Cn3ccnc3)cc2)C(=O)N1CCO. The first kappa shape index (κ1) is 18.6. The van der Waals surface area contributed by atoms with Crippen molar-refractivity contribution in [2.75, 3.05) is 25.1 Å². The second-order valence-electron chi connectivity index (χ2n) is 5.95. The highest BCUT2D eigenvalue weighted by atomic mass is 16.5. The van der Waals surface area contributed by atoms with Crippen molar-refractivity contribution in [2.24, 2.45) is 0 Å². The number of imidazole rings is 1. The van der Waals surface area contributed by atoms with Crippen LogP contribution in [-0.4, -0.2) is 62.3 Å². The van der Waals surface area contributed by atoms with Gasteiger partial charge in [0.1, 0.15) is 24.2 Å². The van der Waals surface area contributed by atoms with Crippen molar-refractivity contribution < 1.29 is 24.5 Å². The summed E-state index contributed by atoms with van der Waals surface area (Å²) >= 11 is 0. The van der Waals surface area contributed by atoms with Crippen molar-refractivity contribution in [1.82, 2.24) is 14.5 Å². The van der Waals surface area contributed by atoms with Crippen LogP contribution in [0.5, 0.6) is 5.75 Å². The van der Waals surface area contributed by atoms with Crippen molar-refractivity contribution in [2.45, 2.75) is 12.6 Å². The lowest BCUT2D eigenvalue weighted by Gasteiger charge is -2.14. The molecule has 27 heavy (non-hydrogen) atoms. The Hall–Kier alpha value is -3.17. The van der Waals surface area contributed by atoms with Gasteiger partial charge < -0.3 is 24.8 Å². The number of imide groups is 1. The molecule has 3 rings (SSSR count). The predicted octanol–water partition coefficient (Wildman–Crippen LogP) is -0.0201. The van der Waals surface area contributed by atoms with Gasteiger partial charge in [0.15, 0.2) is 0 Å². The van der Waals surface area contributed by atoms with Crippen LogP contribution in [0.1, 0.15) is 0 Å². The Bertz CT molecular complexity index is 817. The first-order valence-corrected chi connectivity index (χ1v) is 8.39. The number of hydrogen-bond donors (Lipinski definition) is 3. The van der Waals surface area contributed by atoms with Gasteiger partial charge in [0.2, 0.25) is 0 Å². The molecule has 9 nitrogen and oxygen atoms in total. The van der Waals surface area contributed by atoms with E-state index in [1.54, 1.807) is 47.6 Å².